The number of anilines is 3. The first kappa shape index (κ1) is 31.3. The van der Waals surface area contributed by atoms with Crippen LogP contribution in [-0.4, -0.2) is 85.7 Å². The van der Waals surface area contributed by atoms with E-state index in [0.717, 1.165) is 0 Å². The van der Waals surface area contributed by atoms with Crippen molar-refractivity contribution in [2.24, 2.45) is 5.92 Å². The number of hydrogen-bond donors (Lipinski definition) is 4. The number of nitrogens with one attached hydrogen (secondary N) is 3. The second-order valence-electron chi connectivity index (χ2n) is 11.0. The predicted octanol–water partition coefficient (Wildman–Crippen LogP) is 4.45. The summed E-state index contributed by atoms with van der Waals surface area (Å²) in [5.74, 6) is 1.59. The van der Waals surface area contributed by atoms with Gasteiger partial charge in [-0.3, -0.25) is 4.79 Å². The number of nitrogens with zero attached hydrogens (tertiary/aromatic N) is 2. The Balaban J connectivity index is 1.32. The number of ether oxygens (including phenoxy) is 4. The zero-order valence-corrected chi connectivity index (χ0v) is 25.5. The highest BCUT2D eigenvalue weighted by Gasteiger charge is 2.34. The quantitative estimate of drug-likeness (QED) is 0.289. The number of fused-ring (bicyclic) bond motifs is 2. The van der Waals surface area contributed by atoms with Gasteiger partial charge in [-0.05, 0) is 61.5 Å². The molecule has 0 saturated heterocycles. The van der Waals surface area contributed by atoms with Crippen LogP contribution in [-0.2, 0) is 0 Å². The minimum atomic E-state index is -0.505. The molecule has 0 saturated carbocycles. The van der Waals surface area contributed by atoms with E-state index in [1.165, 1.54) is 4.90 Å². The number of carbonyl (C=O) groups excluding carboxylic acids is 3. The standard InChI is InChI=1S/C32H37N5O8/c1-19-15-37(20(2)17-38)30(39)25-13-22(34-31(40)33-21-5-9-24(42-4)10-6-21)7-11-26(25)45-29(19)16-36(3)32(41)35-23-8-12-27-28(14-23)44-18-43-27/h5-14,19-20,29,38H,15-18H2,1-4H3,(H,35,41)(H2,33,34,40)/t19-,20-,29+/m1/s1. The van der Waals surface area contributed by atoms with Crippen molar-refractivity contribution < 1.29 is 38.4 Å². The monoisotopic (exact) mass is 619 g/mol. The van der Waals surface area contributed by atoms with E-state index < -0.39 is 18.2 Å². The molecule has 13 nitrogen and oxygen atoms in total. The Morgan fingerprint density at radius 1 is 0.978 bits per heavy atom. The summed E-state index contributed by atoms with van der Waals surface area (Å²) in [6, 6.07) is 15.5. The predicted molar refractivity (Wildman–Crippen MR) is 167 cm³/mol. The molecule has 4 N–H and O–H groups in total. The third-order valence-electron chi connectivity index (χ3n) is 7.69. The molecule has 0 unspecified atom stereocenters. The number of aliphatic hydroxyl groups excluding tert-OH is 1. The molecular weight excluding hydrogens is 582 g/mol. The Kier molecular flexibility index (Phi) is 9.48. The SMILES string of the molecule is COc1ccc(NC(=O)Nc2ccc3c(c2)C(=O)N([C@H](C)CO)C[C@@H](C)[C@H](CN(C)C(=O)Nc2ccc4c(c2)OCO4)O3)cc1. The van der Waals surface area contributed by atoms with Gasteiger partial charge in [0.1, 0.15) is 17.6 Å². The summed E-state index contributed by atoms with van der Waals surface area (Å²) < 4.78 is 22.3. The van der Waals surface area contributed by atoms with Gasteiger partial charge in [0.15, 0.2) is 11.5 Å². The maximum absolute atomic E-state index is 13.7. The van der Waals surface area contributed by atoms with Gasteiger partial charge in [0, 0.05) is 42.6 Å². The fraction of sp³-hybridized carbons (Fsp3) is 0.344. The molecule has 0 aliphatic carbocycles. The van der Waals surface area contributed by atoms with Crippen LogP contribution >= 0.6 is 0 Å². The lowest BCUT2D eigenvalue weighted by Crippen LogP contribution is -2.50. The highest BCUT2D eigenvalue weighted by atomic mass is 16.7. The first-order valence-electron chi connectivity index (χ1n) is 14.5. The van der Waals surface area contributed by atoms with Gasteiger partial charge >= 0.3 is 12.1 Å². The molecule has 2 heterocycles. The third-order valence-corrected chi connectivity index (χ3v) is 7.69. The molecule has 5 amide bonds. The number of benzene rings is 3. The Bertz CT molecular complexity index is 1550. The number of urea groups is 2. The van der Waals surface area contributed by atoms with Gasteiger partial charge in [-0.2, -0.15) is 0 Å². The molecule has 2 aliphatic heterocycles. The van der Waals surface area contributed by atoms with E-state index in [9.17, 15) is 19.5 Å². The maximum Gasteiger partial charge on any atom is 0.323 e. The van der Waals surface area contributed by atoms with Crippen molar-refractivity contribution in [1.82, 2.24) is 9.80 Å². The van der Waals surface area contributed by atoms with Crippen LogP contribution in [0.5, 0.6) is 23.0 Å². The van der Waals surface area contributed by atoms with Gasteiger partial charge < -0.3 is 49.8 Å². The summed E-state index contributed by atoms with van der Waals surface area (Å²) in [6.45, 7) is 4.07. The van der Waals surface area contributed by atoms with Crippen LogP contribution in [0.25, 0.3) is 0 Å². The van der Waals surface area contributed by atoms with Crippen molar-refractivity contribution in [2.45, 2.75) is 26.0 Å². The molecule has 2 aliphatic rings. The smallest absolute Gasteiger partial charge is 0.323 e. The van der Waals surface area contributed by atoms with Crippen molar-refractivity contribution in [2.75, 3.05) is 56.6 Å². The van der Waals surface area contributed by atoms with Crippen LogP contribution in [0.2, 0.25) is 0 Å². The first-order valence-corrected chi connectivity index (χ1v) is 14.5. The summed E-state index contributed by atoms with van der Waals surface area (Å²) in [5, 5.41) is 18.3. The molecule has 0 fully saturated rings. The van der Waals surface area contributed by atoms with E-state index in [1.54, 1.807) is 86.6 Å². The topological polar surface area (TPSA) is 151 Å². The Hall–Kier alpha value is -5.17. The Morgan fingerprint density at radius 2 is 1.62 bits per heavy atom. The maximum atomic E-state index is 13.7. The fourth-order valence-corrected chi connectivity index (χ4v) is 5.03. The summed E-state index contributed by atoms with van der Waals surface area (Å²) in [4.78, 5) is 42.7. The molecule has 13 heteroatoms. The normalized spacial score (nSPS) is 17.6. The van der Waals surface area contributed by atoms with Crippen LogP contribution in [0.4, 0.5) is 26.7 Å². The van der Waals surface area contributed by atoms with E-state index in [4.69, 9.17) is 18.9 Å². The molecule has 0 radical (unpaired) electrons. The summed E-state index contributed by atoms with van der Waals surface area (Å²) in [6.07, 6.45) is -0.505. The van der Waals surface area contributed by atoms with Gasteiger partial charge in [0.25, 0.3) is 5.91 Å². The largest absolute Gasteiger partial charge is 0.497 e. The first-order chi connectivity index (χ1) is 21.6. The average molecular weight is 620 g/mol. The number of rotatable bonds is 8. The van der Waals surface area contributed by atoms with E-state index in [1.807, 2.05) is 6.92 Å². The summed E-state index contributed by atoms with van der Waals surface area (Å²) >= 11 is 0. The van der Waals surface area contributed by atoms with Crippen molar-refractivity contribution >= 4 is 35.0 Å². The zero-order chi connectivity index (χ0) is 32.1. The molecule has 3 aromatic rings. The van der Waals surface area contributed by atoms with Crippen LogP contribution in [0.1, 0.15) is 24.2 Å². The fourth-order valence-electron chi connectivity index (χ4n) is 5.03. The van der Waals surface area contributed by atoms with Crippen molar-refractivity contribution in [3.8, 4) is 23.0 Å². The van der Waals surface area contributed by atoms with Gasteiger partial charge in [0.2, 0.25) is 6.79 Å². The minimum absolute atomic E-state index is 0.133. The molecular formula is C32H37N5O8. The van der Waals surface area contributed by atoms with E-state index in [-0.39, 0.29) is 49.9 Å². The minimum Gasteiger partial charge on any atom is -0.497 e. The van der Waals surface area contributed by atoms with Crippen molar-refractivity contribution in [3.05, 3.63) is 66.2 Å². The van der Waals surface area contributed by atoms with Gasteiger partial charge in [-0.15, -0.1) is 0 Å². The van der Waals surface area contributed by atoms with Crippen LogP contribution < -0.4 is 34.9 Å². The average Bonchev–Trinajstić information content (AvgIpc) is 3.51. The number of hydrogen-bond acceptors (Lipinski definition) is 8. The van der Waals surface area contributed by atoms with Crippen LogP contribution in [0.3, 0.4) is 0 Å². The summed E-state index contributed by atoms with van der Waals surface area (Å²) in [7, 11) is 3.22. The second kappa shape index (κ2) is 13.6. The highest BCUT2D eigenvalue weighted by Crippen LogP contribution is 2.34. The van der Waals surface area contributed by atoms with E-state index >= 15 is 0 Å². The third kappa shape index (κ3) is 7.32. The van der Waals surface area contributed by atoms with Crippen molar-refractivity contribution in [1.29, 1.82) is 0 Å². The lowest BCUT2D eigenvalue weighted by Gasteiger charge is -2.38. The second-order valence-corrected chi connectivity index (χ2v) is 11.0. The molecule has 0 bridgehead atoms. The Labute approximate surface area is 261 Å². The number of methoxy groups -OCH3 is 1. The van der Waals surface area contributed by atoms with Gasteiger partial charge in [-0.25, -0.2) is 9.59 Å². The molecule has 3 aromatic carbocycles. The number of aliphatic hydroxyl groups is 1. The molecule has 0 spiro atoms. The molecule has 5 rings (SSSR count). The van der Waals surface area contributed by atoms with E-state index in [2.05, 4.69) is 16.0 Å². The van der Waals surface area contributed by atoms with Crippen LogP contribution in [0.15, 0.2) is 60.7 Å². The van der Waals surface area contributed by atoms with Gasteiger partial charge in [-0.1, -0.05) is 6.92 Å². The lowest BCUT2D eigenvalue weighted by atomic mass is 9.99. The van der Waals surface area contributed by atoms with Gasteiger partial charge in [0.05, 0.1) is 31.9 Å². The molecule has 0 aromatic heterocycles. The van der Waals surface area contributed by atoms with E-state index in [0.29, 0.717) is 40.1 Å². The van der Waals surface area contributed by atoms with Crippen molar-refractivity contribution in [3.63, 3.8) is 0 Å². The number of carbonyl (C=O) groups is 3. The number of likely N-dealkylation sites (N-methyl/N-ethyl adjacent to an activating group) is 1. The highest BCUT2D eigenvalue weighted by molar-refractivity contribution is 6.02. The Morgan fingerprint density at radius 3 is 2.33 bits per heavy atom. The summed E-state index contributed by atoms with van der Waals surface area (Å²) in [5.41, 5.74) is 1.71. The zero-order valence-electron chi connectivity index (χ0n) is 25.5. The lowest BCUT2D eigenvalue weighted by molar-refractivity contribution is 0.0371. The molecule has 3 atom stereocenters. The molecule has 45 heavy (non-hydrogen) atoms. The molecule has 238 valence electrons. The number of amides is 5. The van der Waals surface area contributed by atoms with Crippen LogP contribution in [0, 0.1) is 5.92 Å².